The van der Waals surface area contributed by atoms with E-state index >= 15 is 0 Å². The molecule has 4 N–H and O–H groups in total. The number of fused-ring (bicyclic) bond motifs is 1. The third-order valence-corrected chi connectivity index (χ3v) is 4.90. The van der Waals surface area contributed by atoms with Gasteiger partial charge in [-0.05, 0) is 0 Å². The van der Waals surface area contributed by atoms with Crippen LogP contribution in [0.4, 0.5) is 0 Å². The normalized spacial score (nSPS) is 11.6. The molecule has 0 fully saturated rings. The molecule has 0 saturated heterocycles. The Balaban J connectivity index is 1.84. The van der Waals surface area contributed by atoms with E-state index in [0.29, 0.717) is 28.2 Å². The molecule has 0 aliphatic heterocycles. The Hall–Kier alpha value is -4.18. The molecule has 0 amide bonds. The van der Waals surface area contributed by atoms with E-state index < -0.39 is 0 Å². The number of ether oxygens (including phenoxy) is 2. The maximum absolute atomic E-state index is 5.88. The van der Waals surface area contributed by atoms with Crippen LogP contribution in [0.5, 0.6) is 11.6 Å². The molecule has 1 aromatic carbocycles. The predicted molar refractivity (Wildman–Crippen MR) is 121 cm³/mol. The van der Waals surface area contributed by atoms with Crippen molar-refractivity contribution in [2.24, 2.45) is 18.6 Å². The van der Waals surface area contributed by atoms with Crippen molar-refractivity contribution in [3.8, 4) is 34.1 Å². The highest BCUT2D eigenvalue weighted by atomic mass is 16.5. The summed E-state index contributed by atoms with van der Waals surface area (Å²) in [4.78, 5) is 13.6. The molecule has 3 heterocycles. The number of pyridine rings is 1. The summed E-state index contributed by atoms with van der Waals surface area (Å²) in [5.41, 5.74) is 10.6. The second-order valence-corrected chi connectivity index (χ2v) is 7.07. The largest absolute Gasteiger partial charge is 0.491 e. The maximum Gasteiger partial charge on any atom is 0.258 e. The number of aromatic nitrogens is 5. The van der Waals surface area contributed by atoms with Gasteiger partial charge in [-0.25, -0.2) is 20.8 Å². The van der Waals surface area contributed by atoms with Crippen LogP contribution in [0.1, 0.15) is 0 Å². The SMILES string of the molecule is COc1cc2ncnc(-c3cn(C)nc3-c3ccccc3)c2nc1OC/C(=C/N)N(C)N. The van der Waals surface area contributed by atoms with Crippen LogP contribution < -0.4 is 21.1 Å². The number of likely N-dealkylation sites (N-methyl/N-ethyl adjacent to an activating group) is 1. The molecule has 32 heavy (non-hydrogen) atoms. The molecule has 3 aromatic heterocycles. The van der Waals surface area contributed by atoms with Crippen LogP contribution in [-0.4, -0.2) is 50.5 Å². The molecule has 4 aromatic rings. The Morgan fingerprint density at radius 2 is 1.97 bits per heavy atom. The molecule has 0 aliphatic carbocycles. The van der Waals surface area contributed by atoms with Gasteiger partial charge in [-0.1, -0.05) is 30.3 Å². The Kier molecular flexibility index (Phi) is 5.86. The number of nitrogens with two attached hydrogens (primary N) is 2. The van der Waals surface area contributed by atoms with E-state index in [2.05, 4.69) is 15.1 Å². The number of rotatable bonds is 7. The fourth-order valence-corrected chi connectivity index (χ4v) is 3.28. The number of aryl methyl sites for hydroxylation is 1. The van der Waals surface area contributed by atoms with Crippen molar-refractivity contribution in [2.45, 2.75) is 0 Å². The van der Waals surface area contributed by atoms with Crippen LogP contribution in [0.25, 0.3) is 33.5 Å². The highest BCUT2D eigenvalue weighted by Crippen LogP contribution is 2.36. The molecule has 0 atom stereocenters. The fraction of sp³-hybridized carbons (Fsp3) is 0.182. The van der Waals surface area contributed by atoms with Crippen molar-refractivity contribution >= 4 is 11.0 Å². The average molecular weight is 432 g/mol. The lowest BCUT2D eigenvalue weighted by Gasteiger charge is -2.17. The first kappa shape index (κ1) is 21.1. The Morgan fingerprint density at radius 3 is 2.66 bits per heavy atom. The second-order valence-electron chi connectivity index (χ2n) is 7.07. The van der Waals surface area contributed by atoms with Gasteiger partial charge >= 0.3 is 0 Å². The maximum atomic E-state index is 5.88. The van der Waals surface area contributed by atoms with Gasteiger partial charge in [0.1, 0.15) is 29.8 Å². The lowest BCUT2D eigenvalue weighted by Crippen LogP contribution is -2.29. The molecule has 10 nitrogen and oxygen atoms in total. The van der Waals surface area contributed by atoms with Crippen molar-refractivity contribution in [1.29, 1.82) is 0 Å². The predicted octanol–water partition coefficient (Wildman–Crippen LogP) is 2.09. The summed E-state index contributed by atoms with van der Waals surface area (Å²) in [6.07, 6.45) is 4.79. The molecule has 0 radical (unpaired) electrons. The summed E-state index contributed by atoms with van der Waals surface area (Å²) in [7, 11) is 5.09. The van der Waals surface area contributed by atoms with Gasteiger partial charge in [0.05, 0.1) is 18.3 Å². The van der Waals surface area contributed by atoms with Crippen LogP contribution >= 0.6 is 0 Å². The molecule has 0 bridgehead atoms. The summed E-state index contributed by atoms with van der Waals surface area (Å²) >= 11 is 0. The van der Waals surface area contributed by atoms with Crippen molar-refractivity contribution in [2.75, 3.05) is 20.8 Å². The minimum absolute atomic E-state index is 0.115. The van der Waals surface area contributed by atoms with Crippen LogP contribution in [0.15, 0.2) is 60.8 Å². The summed E-state index contributed by atoms with van der Waals surface area (Å²) < 4.78 is 13.1. The van der Waals surface area contributed by atoms with E-state index in [1.165, 1.54) is 17.5 Å². The van der Waals surface area contributed by atoms with Crippen LogP contribution in [0.2, 0.25) is 0 Å². The highest BCUT2D eigenvalue weighted by molar-refractivity contribution is 5.94. The van der Waals surface area contributed by atoms with E-state index in [0.717, 1.165) is 16.8 Å². The minimum atomic E-state index is 0.115. The zero-order valence-corrected chi connectivity index (χ0v) is 18.1. The summed E-state index contributed by atoms with van der Waals surface area (Å²) in [6, 6.07) is 11.7. The number of benzene rings is 1. The summed E-state index contributed by atoms with van der Waals surface area (Å²) in [5.74, 6) is 6.49. The van der Waals surface area contributed by atoms with E-state index in [1.54, 1.807) is 24.9 Å². The van der Waals surface area contributed by atoms with Gasteiger partial charge in [0.25, 0.3) is 5.88 Å². The second kappa shape index (κ2) is 8.90. The molecule has 4 rings (SSSR count). The van der Waals surface area contributed by atoms with E-state index in [1.807, 2.05) is 43.6 Å². The van der Waals surface area contributed by atoms with Crippen LogP contribution in [0, 0.1) is 0 Å². The van der Waals surface area contributed by atoms with E-state index in [9.17, 15) is 0 Å². The Morgan fingerprint density at radius 1 is 1.19 bits per heavy atom. The molecular weight excluding hydrogens is 408 g/mol. The zero-order valence-electron chi connectivity index (χ0n) is 18.1. The van der Waals surface area contributed by atoms with Gasteiger partial charge in [0.15, 0.2) is 5.75 Å². The molecule has 0 aliphatic rings. The quantitative estimate of drug-likeness (QED) is 0.333. The monoisotopic (exact) mass is 432 g/mol. The lowest BCUT2D eigenvalue weighted by atomic mass is 10.0. The van der Waals surface area contributed by atoms with Gasteiger partial charge in [0, 0.05) is 43.7 Å². The van der Waals surface area contributed by atoms with Crippen molar-refractivity contribution in [1.82, 2.24) is 29.7 Å². The number of hydrogen-bond donors (Lipinski definition) is 2. The van der Waals surface area contributed by atoms with Crippen LogP contribution in [0.3, 0.4) is 0 Å². The molecule has 164 valence electrons. The van der Waals surface area contributed by atoms with Crippen LogP contribution in [-0.2, 0) is 7.05 Å². The lowest BCUT2D eigenvalue weighted by molar-refractivity contribution is 0.271. The summed E-state index contributed by atoms with van der Waals surface area (Å²) in [5, 5.41) is 6.02. The number of hydrazine groups is 1. The first-order chi connectivity index (χ1) is 15.5. The van der Waals surface area contributed by atoms with E-state index in [4.69, 9.17) is 26.0 Å². The standard InChI is InChI=1S/C22H24N8O2/c1-29-11-16(19(28-29)14-7-5-4-6-8-14)20-21-17(25-13-26-20)9-18(31-3)22(27-21)32-12-15(10-23)30(2)24/h4-11,13H,12,23-24H2,1-3H3/b15-10-. The highest BCUT2D eigenvalue weighted by Gasteiger charge is 2.20. The van der Waals surface area contributed by atoms with Crippen molar-refractivity contribution in [3.63, 3.8) is 0 Å². The minimum Gasteiger partial charge on any atom is -0.491 e. The smallest absolute Gasteiger partial charge is 0.258 e. The van der Waals surface area contributed by atoms with Crippen molar-refractivity contribution < 1.29 is 9.47 Å². The van der Waals surface area contributed by atoms with Gasteiger partial charge in [-0.3, -0.25) is 4.68 Å². The third kappa shape index (κ3) is 4.03. The Labute approximate surface area is 185 Å². The number of methoxy groups -OCH3 is 1. The topological polar surface area (TPSA) is 130 Å². The third-order valence-electron chi connectivity index (χ3n) is 4.90. The summed E-state index contributed by atoms with van der Waals surface area (Å²) in [6.45, 7) is 0.115. The first-order valence-electron chi connectivity index (χ1n) is 9.83. The average Bonchev–Trinajstić information content (AvgIpc) is 3.20. The van der Waals surface area contributed by atoms with Gasteiger partial charge < -0.3 is 20.2 Å². The number of hydrogen-bond acceptors (Lipinski definition) is 9. The Bertz CT molecular complexity index is 1270. The molecular formula is C22H24N8O2. The van der Waals surface area contributed by atoms with Crippen molar-refractivity contribution in [3.05, 3.63) is 60.8 Å². The molecule has 0 unspecified atom stereocenters. The van der Waals surface area contributed by atoms with Gasteiger partial charge in [0.2, 0.25) is 0 Å². The molecule has 10 heteroatoms. The number of nitrogens with zero attached hydrogens (tertiary/aromatic N) is 6. The first-order valence-corrected chi connectivity index (χ1v) is 9.83. The van der Waals surface area contributed by atoms with Gasteiger partial charge in [-0.15, -0.1) is 0 Å². The molecule has 0 spiro atoms. The van der Waals surface area contributed by atoms with Gasteiger partial charge in [-0.2, -0.15) is 5.10 Å². The van der Waals surface area contributed by atoms with E-state index in [-0.39, 0.29) is 12.5 Å². The zero-order chi connectivity index (χ0) is 22.7. The fourth-order valence-electron chi connectivity index (χ4n) is 3.28. The molecule has 0 saturated carbocycles.